The molecular weight excluding hydrogens is 350 g/mol. The van der Waals surface area contributed by atoms with Crippen LogP contribution >= 0.6 is 12.4 Å². The van der Waals surface area contributed by atoms with E-state index in [0.717, 1.165) is 30.6 Å². The summed E-state index contributed by atoms with van der Waals surface area (Å²) in [4.78, 5) is 18.5. The van der Waals surface area contributed by atoms with E-state index in [1.54, 1.807) is 6.20 Å². The third kappa shape index (κ3) is 2.94. The van der Waals surface area contributed by atoms with Crippen LogP contribution in [0.1, 0.15) is 55.1 Å². The highest BCUT2D eigenvalue weighted by Crippen LogP contribution is 2.52. The van der Waals surface area contributed by atoms with Crippen molar-refractivity contribution in [1.29, 1.82) is 0 Å². The number of piperidine rings is 1. The van der Waals surface area contributed by atoms with E-state index in [1.165, 1.54) is 32.1 Å². The number of rotatable bonds is 4. The van der Waals surface area contributed by atoms with Crippen molar-refractivity contribution in [1.82, 2.24) is 9.88 Å². The van der Waals surface area contributed by atoms with Gasteiger partial charge in [0.25, 0.3) is 5.91 Å². The van der Waals surface area contributed by atoms with Crippen LogP contribution < -0.4 is 5.73 Å². The van der Waals surface area contributed by atoms with E-state index in [2.05, 4.69) is 16.8 Å². The molecule has 0 aromatic carbocycles. The molecule has 1 aromatic heterocycles. The van der Waals surface area contributed by atoms with Crippen LogP contribution in [0.3, 0.4) is 0 Å². The highest BCUT2D eigenvalue weighted by Gasteiger charge is 2.54. The second-order valence-corrected chi connectivity index (χ2v) is 8.19. The summed E-state index contributed by atoms with van der Waals surface area (Å²) in [7, 11) is 1.83. The fourth-order valence-electron chi connectivity index (χ4n) is 5.66. The minimum absolute atomic E-state index is 0. The largest absolute Gasteiger partial charge is 0.373 e. The molecule has 2 aliphatic carbocycles. The lowest BCUT2D eigenvalue weighted by Gasteiger charge is -2.58. The molecule has 26 heavy (non-hydrogen) atoms. The maximum atomic E-state index is 11.6. The predicted molar refractivity (Wildman–Crippen MR) is 103 cm³/mol. The molecule has 6 heteroatoms. The Morgan fingerprint density at radius 2 is 1.96 bits per heavy atom. The van der Waals surface area contributed by atoms with E-state index in [9.17, 15) is 4.79 Å². The van der Waals surface area contributed by atoms with Crippen molar-refractivity contribution in [3.8, 4) is 0 Å². The number of ether oxygens (including phenoxy) is 1. The number of halogens is 1. The molecule has 1 unspecified atom stereocenters. The number of nitrogens with two attached hydrogens (primary N) is 1. The van der Waals surface area contributed by atoms with Gasteiger partial charge in [0.2, 0.25) is 0 Å². The van der Waals surface area contributed by atoms with Gasteiger partial charge >= 0.3 is 0 Å². The first-order chi connectivity index (χ1) is 12.1. The van der Waals surface area contributed by atoms with Gasteiger partial charge in [-0.2, -0.15) is 0 Å². The molecule has 2 N–H and O–H groups in total. The molecule has 3 fully saturated rings. The van der Waals surface area contributed by atoms with E-state index in [0.29, 0.717) is 17.5 Å². The Morgan fingerprint density at radius 1 is 1.27 bits per heavy atom. The minimum Gasteiger partial charge on any atom is -0.373 e. The maximum absolute atomic E-state index is 11.6. The van der Waals surface area contributed by atoms with Crippen molar-refractivity contribution in [2.75, 3.05) is 20.2 Å². The first-order valence-electron chi connectivity index (χ1n) is 9.61. The van der Waals surface area contributed by atoms with Gasteiger partial charge < -0.3 is 10.5 Å². The molecule has 4 rings (SSSR count). The van der Waals surface area contributed by atoms with Crippen LogP contribution in [0.2, 0.25) is 0 Å². The molecule has 0 radical (unpaired) electrons. The number of carbonyl (C=O) groups excluding carboxylic acids is 1. The summed E-state index contributed by atoms with van der Waals surface area (Å²) in [5, 5.41) is 0. The van der Waals surface area contributed by atoms with Crippen LogP contribution in [-0.2, 0) is 10.3 Å². The molecule has 0 spiro atoms. The molecule has 3 aliphatic rings. The van der Waals surface area contributed by atoms with Crippen molar-refractivity contribution in [2.24, 2.45) is 23.5 Å². The third-order valence-electron chi connectivity index (χ3n) is 7.07. The van der Waals surface area contributed by atoms with Crippen molar-refractivity contribution in [3.05, 3.63) is 29.6 Å². The number of fused-ring (bicyclic) bond motifs is 2. The van der Waals surface area contributed by atoms with Crippen LogP contribution in [-0.4, -0.2) is 42.0 Å². The number of methoxy groups -OCH3 is 1. The fourth-order valence-corrected chi connectivity index (χ4v) is 5.66. The second kappa shape index (κ2) is 7.45. The topological polar surface area (TPSA) is 68.5 Å². The molecule has 1 saturated heterocycles. The van der Waals surface area contributed by atoms with Crippen molar-refractivity contribution in [2.45, 2.75) is 50.7 Å². The summed E-state index contributed by atoms with van der Waals surface area (Å²) < 4.78 is 6.27. The number of likely N-dealkylation sites (tertiary alicyclic amines) is 1. The summed E-state index contributed by atoms with van der Waals surface area (Å²) in [6, 6.07) is 4.62. The van der Waals surface area contributed by atoms with E-state index in [4.69, 9.17) is 10.5 Å². The number of amides is 1. The zero-order chi connectivity index (χ0) is 17.6. The first-order valence-corrected chi connectivity index (χ1v) is 9.61. The van der Waals surface area contributed by atoms with Gasteiger partial charge in [-0.3, -0.25) is 14.7 Å². The zero-order valence-corrected chi connectivity index (χ0v) is 16.5. The zero-order valence-electron chi connectivity index (χ0n) is 15.7. The van der Waals surface area contributed by atoms with Gasteiger partial charge in [-0.05, 0) is 49.3 Å². The number of pyridine rings is 1. The number of primary amides is 1. The molecule has 144 valence electrons. The van der Waals surface area contributed by atoms with Gasteiger partial charge in [0.1, 0.15) is 11.3 Å². The van der Waals surface area contributed by atoms with E-state index >= 15 is 0 Å². The third-order valence-corrected chi connectivity index (χ3v) is 7.07. The molecule has 5 atom stereocenters. The van der Waals surface area contributed by atoms with Gasteiger partial charge in [0.05, 0.1) is 0 Å². The molecule has 5 nitrogen and oxygen atoms in total. The quantitative estimate of drug-likeness (QED) is 0.873. The molecule has 2 bridgehead atoms. The Morgan fingerprint density at radius 3 is 2.46 bits per heavy atom. The van der Waals surface area contributed by atoms with Crippen LogP contribution in [0.15, 0.2) is 18.3 Å². The second-order valence-electron chi connectivity index (χ2n) is 8.19. The van der Waals surface area contributed by atoms with Gasteiger partial charge in [0, 0.05) is 44.3 Å². The summed E-state index contributed by atoms with van der Waals surface area (Å²) in [6.45, 7) is 4.56. The Hall–Kier alpha value is -1.17. The summed E-state index contributed by atoms with van der Waals surface area (Å²) in [6.07, 6.45) is 8.01. The molecule has 1 amide bonds. The van der Waals surface area contributed by atoms with Crippen molar-refractivity contribution < 1.29 is 9.53 Å². The summed E-state index contributed by atoms with van der Waals surface area (Å²) in [5.41, 5.74) is 6.57. The van der Waals surface area contributed by atoms with Crippen molar-refractivity contribution in [3.63, 3.8) is 0 Å². The fraction of sp³-hybridized carbons (Fsp3) is 0.700. The van der Waals surface area contributed by atoms with E-state index < -0.39 is 5.91 Å². The lowest BCUT2D eigenvalue weighted by atomic mass is 9.61. The van der Waals surface area contributed by atoms with Crippen LogP contribution in [0.25, 0.3) is 0 Å². The highest BCUT2D eigenvalue weighted by molar-refractivity contribution is 5.90. The monoisotopic (exact) mass is 379 g/mol. The highest BCUT2D eigenvalue weighted by atomic mass is 35.5. The standard InChI is InChI=1S/C20H29N3O2.ClH/c1-13-6-7-18(13)23-11-15-4-3-5-16(12-23)20(15,25-2)14-8-9-22-17(10-14)19(21)24;/h8-10,13,15-16,18H,3-7,11-12H2,1-2H3,(H2,21,24);1H/t13-,15-,16+,18-,20?;/m0./s1. The van der Waals surface area contributed by atoms with Gasteiger partial charge in [-0.25, -0.2) is 0 Å². The van der Waals surface area contributed by atoms with Crippen molar-refractivity contribution >= 4 is 18.3 Å². The van der Waals surface area contributed by atoms with Gasteiger partial charge in [-0.15, -0.1) is 12.4 Å². The lowest BCUT2D eigenvalue weighted by Crippen LogP contribution is -2.62. The Bertz CT molecular complexity index is 654. The van der Waals surface area contributed by atoms with Crippen LogP contribution in [0, 0.1) is 17.8 Å². The number of carbonyl (C=O) groups is 1. The van der Waals surface area contributed by atoms with Gasteiger partial charge in [-0.1, -0.05) is 13.3 Å². The Balaban J connectivity index is 0.00000196. The first kappa shape index (κ1) is 19.6. The Labute approximate surface area is 162 Å². The molecular formula is C20H30ClN3O2. The molecule has 2 saturated carbocycles. The number of aromatic nitrogens is 1. The smallest absolute Gasteiger partial charge is 0.267 e. The van der Waals surface area contributed by atoms with E-state index in [-0.39, 0.29) is 18.0 Å². The SMILES string of the molecule is COC1(c2ccnc(C(N)=O)c2)[C@@H]2CCC[C@H]1CN([C@H]1CC[C@@H]1C)C2.Cl. The van der Waals surface area contributed by atoms with Gasteiger partial charge in [0.15, 0.2) is 0 Å². The summed E-state index contributed by atoms with van der Waals surface area (Å²) >= 11 is 0. The van der Waals surface area contributed by atoms with Crippen LogP contribution in [0.5, 0.6) is 0 Å². The minimum atomic E-state index is -0.473. The maximum Gasteiger partial charge on any atom is 0.267 e. The molecule has 1 aromatic rings. The number of hydrogen-bond acceptors (Lipinski definition) is 4. The number of hydrogen-bond donors (Lipinski definition) is 1. The normalized spacial score (nSPS) is 36.7. The molecule has 2 heterocycles. The average molecular weight is 380 g/mol. The summed E-state index contributed by atoms with van der Waals surface area (Å²) in [5.74, 6) is 1.26. The number of nitrogens with zero attached hydrogens (tertiary/aromatic N) is 2. The van der Waals surface area contributed by atoms with Crippen LogP contribution in [0.4, 0.5) is 0 Å². The lowest BCUT2D eigenvalue weighted by molar-refractivity contribution is -0.181. The Kier molecular flexibility index (Phi) is 5.61. The average Bonchev–Trinajstić information content (AvgIpc) is 2.59. The predicted octanol–water partition coefficient (Wildman–Crippen LogP) is 2.97. The van der Waals surface area contributed by atoms with E-state index in [1.807, 2.05) is 19.2 Å². The molecule has 1 aliphatic heterocycles.